The van der Waals surface area contributed by atoms with Gasteiger partial charge in [-0.05, 0) is 24.5 Å². The highest BCUT2D eigenvalue weighted by Crippen LogP contribution is 2.26. The number of aliphatic hydroxyl groups excluding tert-OH is 1. The number of aliphatic hydroxyl groups is 1. The van der Waals surface area contributed by atoms with Crippen molar-refractivity contribution < 1.29 is 13.5 Å². The van der Waals surface area contributed by atoms with Crippen molar-refractivity contribution in [1.29, 1.82) is 0 Å². The summed E-state index contributed by atoms with van der Waals surface area (Å²) in [4.78, 5) is 3.99. The van der Waals surface area contributed by atoms with E-state index in [1.54, 1.807) is 19.2 Å². The first-order valence-corrected chi connectivity index (χ1v) is 7.72. The van der Waals surface area contributed by atoms with Gasteiger partial charge < -0.3 is 10.4 Å². The number of nitrogens with zero attached hydrogens (tertiary/aromatic N) is 2. The molecule has 19 heavy (non-hydrogen) atoms. The predicted octanol–water partition coefficient (Wildman–Crippen LogP) is 0.515. The normalized spacial score (nSPS) is 25.2. The lowest BCUT2D eigenvalue weighted by atomic mass is 9.99. The van der Waals surface area contributed by atoms with E-state index in [-0.39, 0.29) is 10.9 Å². The van der Waals surface area contributed by atoms with Gasteiger partial charge in [0.1, 0.15) is 0 Å². The highest BCUT2D eigenvalue weighted by Gasteiger charge is 2.34. The number of nitrogens with one attached hydrogen (secondary N) is 1. The number of anilines is 1. The van der Waals surface area contributed by atoms with Gasteiger partial charge in [-0.1, -0.05) is 6.92 Å². The van der Waals surface area contributed by atoms with Crippen molar-refractivity contribution >= 4 is 15.7 Å². The van der Waals surface area contributed by atoms with Crippen LogP contribution in [-0.2, 0) is 10.0 Å². The summed E-state index contributed by atoms with van der Waals surface area (Å²) in [6.07, 6.45) is 1.50. The Morgan fingerprint density at radius 3 is 2.89 bits per heavy atom. The third-order valence-corrected chi connectivity index (χ3v) is 5.27. The van der Waals surface area contributed by atoms with E-state index in [0.717, 1.165) is 0 Å². The zero-order valence-electron chi connectivity index (χ0n) is 11.1. The molecule has 1 fully saturated rings. The molecular formula is C12H19N3O3S. The van der Waals surface area contributed by atoms with Gasteiger partial charge in [-0.25, -0.2) is 13.4 Å². The summed E-state index contributed by atoms with van der Waals surface area (Å²) in [6, 6.07) is 3.37. The van der Waals surface area contributed by atoms with Crippen molar-refractivity contribution in [2.24, 2.45) is 5.92 Å². The van der Waals surface area contributed by atoms with Crippen LogP contribution in [0.2, 0.25) is 0 Å². The Bertz CT molecular complexity index is 547. The molecule has 2 heterocycles. The fourth-order valence-electron chi connectivity index (χ4n) is 2.22. The SMILES string of the molecule is CNc1cccnc1S(=O)(=O)N1CCC(O)C(C)C1. The number of aromatic nitrogens is 1. The second kappa shape index (κ2) is 5.44. The number of piperidine rings is 1. The molecule has 1 aromatic heterocycles. The number of hydrogen-bond acceptors (Lipinski definition) is 5. The molecule has 2 unspecified atom stereocenters. The van der Waals surface area contributed by atoms with Crippen LogP contribution in [0, 0.1) is 5.92 Å². The average Bonchev–Trinajstić information content (AvgIpc) is 2.41. The number of sulfonamides is 1. The Morgan fingerprint density at radius 1 is 1.53 bits per heavy atom. The topological polar surface area (TPSA) is 82.5 Å². The quantitative estimate of drug-likeness (QED) is 0.846. The second-order valence-electron chi connectivity index (χ2n) is 4.80. The Morgan fingerprint density at radius 2 is 2.26 bits per heavy atom. The zero-order chi connectivity index (χ0) is 14.0. The first-order valence-electron chi connectivity index (χ1n) is 6.28. The standard InChI is InChI=1S/C12H19N3O3S/c1-9-8-15(7-5-11(9)16)19(17,18)12-10(13-2)4-3-6-14-12/h3-4,6,9,11,13,16H,5,7-8H2,1-2H3. The molecule has 7 heteroatoms. The molecule has 6 nitrogen and oxygen atoms in total. The summed E-state index contributed by atoms with van der Waals surface area (Å²) in [5, 5.41) is 12.6. The van der Waals surface area contributed by atoms with Crippen LogP contribution in [0.25, 0.3) is 0 Å². The molecule has 0 aliphatic carbocycles. The largest absolute Gasteiger partial charge is 0.393 e. The van der Waals surface area contributed by atoms with Gasteiger partial charge in [0.05, 0.1) is 11.8 Å². The maximum absolute atomic E-state index is 12.6. The molecule has 0 spiro atoms. The van der Waals surface area contributed by atoms with Crippen LogP contribution < -0.4 is 5.32 Å². The molecule has 1 saturated heterocycles. The minimum Gasteiger partial charge on any atom is -0.393 e. The smallest absolute Gasteiger partial charge is 0.262 e. The molecule has 1 aromatic rings. The van der Waals surface area contributed by atoms with Crippen LogP contribution in [0.5, 0.6) is 0 Å². The molecule has 2 rings (SSSR count). The summed E-state index contributed by atoms with van der Waals surface area (Å²) < 4.78 is 26.5. The third-order valence-electron chi connectivity index (χ3n) is 3.45. The van der Waals surface area contributed by atoms with Crippen LogP contribution in [0.1, 0.15) is 13.3 Å². The molecule has 1 aliphatic rings. The van der Waals surface area contributed by atoms with E-state index >= 15 is 0 Å². The van der Waals surface area contributed by atoms with E-state index in [1.807, 2.05) is 6.92 Å². The van der Waals surface area contributed by atoms with E-state index in [1.165, 1.54) is 10.5 Å². The predicted molar refractivity (Wildman–Crippen MR) is 72.3 cm³/mol. The van der Waals surface area contributed by atoms with Crippen LogP contribution in [0.15, 0.2) is 23.4 Å². The second-order valence-corrected chi connectivity index (χ2v) is 6.66. The molecule has 106 valence electrons. The number of rotatable bonds is 3. The van der Waals surface area contributed by atoms with Crippen LogP contribution in [-0.4, -0.2) is 49.1 Å². The molecule has 0 bridgehead atoms. The average molecular weight is 285 g/mol. The molecule has 1 aliphatic heterocycles. The summed E-state index contributed by atoms with van der Waals surface area (Å²) in [5.41, 5.74) is 0.487. The van der Waals surface area contributed by atoms with Crippen molar-refractivity contribution in [1.82, 2.24) is 9.29 Å². The van der Waals surface area contributed by atoms with E-state index in [2.05, 4.69) is 10.3 Å². The van der Waals surface area contributed by atoms with Gasteiger partial charge in [0.2, 0.25) is 0 Å². The Kier molecular flexibility index (Phi) is 4.07. The molecule has 2 atom stereocenters. The van der Waals surface area contributed by atoms with Crippen molar-refractivity contribution in [3.8, 4) is 0 Å². The molecule has 0 amide bonds. The first-order chi connectivity index (χ1) is 8.96. The van der Waals surface area contributed by atoms with Gasteiger partial charge in [-0.15, -0.1) is 0 Å². The molecular weight excluding hydrogens is 266 g/mol. The van der Waals surface area contributed by atoms with Crippen molar-refractivity contribution in [3.05, 3.63) is 18.3 Å². The first kappa shape index (κ1) is 14.2. The molecule has 2 N–H and O–H groups in total. The lowest BCUT2D eigenvalue weighted by molar-refractivity contribution is 0.0628. The summed E-state index contributed by atoms with van der Waals surface area (Å²) >= 11 is 0. The minimum atomic E-state index is -3.61. The van der Waals surface area contributed by atoms with Gasteiger partial charge in [0, 0.05) is 26.3 Å². The minimum absolute atomic E-state index is 0.0427. The van der Waals surface area contributed by atoms with Crippen molar-refractivity contribution in [2.45, 2.75) is 24.5 Å². The Balaban J connectivity index is 2.32. The van der Waals surface area contributed by atoms with E-state index in [4.69, 9.17) is 0 Å². The fourth-order valence-corrected chi connectivity index (χ4v) is 3.89. The maximum atomic E-state index is 12.6. The van der Waals surface area contributed by atoms with Gasteiger partial charge in [-0.2, -0.15) is 4.31 Å². The zero-order valence-corrected chi connectivity index (χ0v) is 11.9. The molecule has 0 saturated carbocycles. The lowest BCUT2D eigenvalue weighted by Crippen LogP contribution is -2.45. The van der Waals surface area contributed by atoms with Crippen molar-refractivity contribution in [2.75, 3.05) is 25.5 Å². The third kappa shape index (κ3) is 2.72. The van der Waals surface area contributed by atoms with E-state index < -0.39 is 16.1 Å². The lowest BCUT2D eigenvalue weighted by Gasteiger charge is -2.33. The Labute approximate surface area is 113 Å². The van der Waals surface area contributed by atoms with Crippen molar-refractivity contribution in [3.63, 3.8) is 0 Å². The van der Waals surface area contributed by atoms with Crippen LogP contribution in [0.3, 0.4) is 0 Å². The van der Waals surface area contributed by atoms with Gasteiger partial charge in [0.25, 0.3) is 10.0 Å². The summed E-state index contributed by atoms with van der Waals surface area (Å²) in [6.45, 7) is 2.50. The van der Waals surface area contributed by atoms with E-state index in [9.17, 15) is 13.5 Å². The van der Waals surface area contributed by atoms with Crippen LogP contribution in [0.4, 0.5) is 5.69 Å². The fraction of sp³-hybridized carbons (Fsp3) is 0.583. The summed E-state index contributed by atoms with van der Waals surface area (Å²) in [7, 11) is -1.95. The van der Waals surface area contributed by atoms with Gasteiger partial charge in [-0.3, -0.25) is 0 Å². The van der Waals surface area contributed by atoms with E-state index in [0.29, 0.717) is 25.2 Å². The van der Waals surface area contributed by atoms with Gasteiger partial charge >= 0.3 is 0 Å². The number of pyridine rings is 1. The Hall–Kier alpha value is -1.18. The summed E-state index contributed by atoms with van der Waals surface area (Å²) in [5.74, 6) is -0.0646. The maximum Gasteiger partial charge on any atom is 0.262 e. The number of hydrogen-bond donors (Lipinski definition) is 2. The highest BCUT2D eigenvalue weighted by atomic mass is 32.2. The highest BCUT2D eigenvalue weighted by molar-refractivity contribution is 7.89. The van der Waals surface area contributed by atoms with Crippen LogP contribution >= 0.6 is 0 Å². The van der Waals surface area contributed by atoms with Gasteiger partial charge in [0.15, 0.2) is 5.03 Å². The monoisotopic (exact) mass is 285 g/mol. The molecule has 0 radical (unpaired) electrons. The molecule has 0 aromatic carbocycles.